The molecule has 19 heavy (non-hydrogen) atoms. The molecule has 0 radical (unpaired) electrons. The zero-order valence-corrected chi connectivity index (χ0v) is 11.7. The molecule has 0 spiro atoms. The molecule has 1 aliphatic carbocycles. The van der Waals surface area contributed by atoms with E-state index in [1.54, 1.807) is 0 Å². The number of hydrogen-bond donors (Lipinski definition) is 1. The van der Waals surface area contributed by atoms with Crippen molar-refractivity contribution >= 4 is 11.8 Å². The number of hydrogen-bond acceptors (Lipinski definition) is 2. The van der Waals surface area contributed by atoms with Crippen LogP contribution in [0.3, 0.4) is 0 Å². The van der Waals surface area contributed by atoms with Gasteiger partial charge >= 0.3 is 0 Å². The van der Waals surface area contributed by atoms with Crippen molar-refractivity contribution in [3.63, 3.8) is 0 Å². The maximum Gasteiger partial charge on any atom is 0.227 e. The van der Waals surface area contributed by atoms with Crippen molar-refractivity contribution in [1.82, 2.24) is 10.2 Å². The summed E-state index contributed by atoms with van der Waals surface area (Å²) in [6.07, 6.45) is 7.47. The van der Waals surface area contributed by atoms with Crippen molar-refractivity contribution in [2.45, 2.75) is 64.0 Å². The summed E-state index contributed by atoms with van der Waals surface area (Å²) in [4.78, 5) is 26.1. The Balaban J connectivity index is 1.69. The summed E-state index contributed by atoms with van der Waals surface area (Å²) < 4.78 is 0. The van der Waals surface area contributed by atoms with E-state index < -0.39 is 0 Å². The Hall–Kier alpha value is -1.06. The number of likely N-dealkylation sites (tertiary alicyclic amines) is 1. The lowest BCUT2D eigenvalue weighted by Crippen LogP contribution is -2.49. The van der Waals surface area contributed by atoms with Gasteiger partial charge in [-0.15, -0.1) is 0 Å². The van der Waals surface area contributed by atoms with E-state index in [0.29, 0.717) is 31.0 Å². The van der Waals surface area contributed by atoms with Crippen LogP contribution in [0.1, 0.15) is 51.9 Å². The molecule has 0 aromatic heterocycles. The largest absolute Gasteiger partial charge is 0.355 e. The van der Waals surface area contributed by atoms with Crippen LogP contribution in [-0.2, 0) is 9.59 Å². The maximum atomic E-state index is 12.7. The number of fused-ring (bicyclic) bond motifs is 1. The summed E-state index contributed by atoms with van der Waals surface area (Å²) in [6, 6.07) is 0.868. The van der Waals surface area contributed by atoms with E-state index in [2.05, 4.69) is 17.1 Å². The van der Waals surface area contributed by atoms with Crippen molar-refractivity contribution in [3.05, 3.63) is 0 Å². The zero-order valence-electron chi connectivity index (χ0n) is 11.7. The second-order valence-corrected chi connectivity index (χ2v) is 6.48. The first kappa shape index (κ1) is 12.9. The Morgan fingerprint density at radius 1 is 1.26 bits per heavy atom. The van der Waals surface area contributed by atoms with Crippen LogP contribution < -0.4 is 5.32 Å². The third-order valence-electron chi connectivity index (χ3n) is 5.21. The highest BCUT2D eigenvalue weighted by Gasteiger charge is 2.44. The number of nitrogens with zero attached hydrogens (tertiary/aromatic N) is 1. The van der Waals surface area contributed by atoms with Gasteiger partial charge in [-0.3, -0.25) is 9.59 Å². The van der Waals surface area contributed by atoms with Crippen LogP contribution in [-0.4, -0.2) is 35.3 Å². The van der Waals surface area contributed by atoms with Crippen LogP contribution in [0, 0.1) is 11.8 Å². The van der Waals surface area contributed by atoms with Crippen molar-refractivity contribution in [2.24, 2.45) is 11.8 Å². The van der Waals surface area contributed by atoms with Gasteiger partial charge in [0.15, 0.2) is 0 Å². The van der Waals surface area contributed by atoms with Gasteiger partial charge in [0, 0.05) is 25.0 Å². The number of nitrogens with one attached hydrogen (secondary N) is 1. The molecule has 4 atom stereocenters. The monoisotopic (exact) mass is 264 g/mol. The summed E-state index contributed by atoms with van der Waals surface area (Å²) in [6.45, 7) is 2.73. The normalized spacial score (nSPS) is 38.8. The second kappa shape index (κ2) is 5.14. The summed E-state index contributed by atoms with van der Waals surface area (Å²) in [5.74, 6) is 1.13. The van der Waals surface area contributed by atoms with E-state index in [-0.39, 0.29) is 11.8 Å². The van der Waals surface area contributed by atoms with Crippen molar-refractivity contribution in [2.75, 3.05) is 6.54 Å². The van der Waals surface area contributed by atoms with Crippen LogP contribution in [0.15, 0.2) is 0 Å². The molecule has 4 unspecified atom stereocenters. The molecule has 1 N–H and O–H groups in total. The summed E-state index contributed by atoms with van der Waals surface area (Å²) in [5.41, 5.74) is 0. The van der Waals surface area contributed by atoms with Gasteiger partial charge in [0.05, 0.1) is 5.92 Å². The van der Waals surface area contributed by atoms with E-state index in [0.717, 1.165) is 12.3 Å². The van der Waals surface area contributed by atoms with Crippen LogP contribution in [0.4, 0.5) is 0 Å². The van der Waals surface area contributed by atoms with Gasteiger partial charge in [0.25, 0.3) is 0 Å². The zero-order chi connectivity index (χ0) is 13.4. The molecule has 106 valence electrons. The maximum absolute atomic E-state index is 12.7. The highest BCUT2D eigenvalue weighted by molar-refractivity contribution is 5.84. The van der Waals surface area contributed by atoms with Crippen LogP contribution in [0.2, 0.25) is 0 Å². The Morgan fingerprint density at radius 2 is 2.05 bits per heavy atom. The molecule has 0 aromatic carbocycles. The number of amides is 2. The Labute approximate surface area is 114 Å². The first-order valence-corrected chi connectivity index (χ1v) is 7.75. The van der Waals surface area contributed by atoms with Crippen LogP contribution in [0.25, 0.3) is 0 Å². The molecule has 2 saturated heterocycles. The van der Waals surface area contributed by atoms with Crippen molar-refractivity contribution in [3.8, 4) is 0 Å². The number of carbonyl (C=O) groups excluding carboxylic acids is 2. The number of carbonyl (C=O) groups is 2. The fourth-order valence-electron chi connectivity index (χ4n) is 4.24. The minimum atomic E-state index is 0.0147. The summed E-state index contributed by atoms with van der Waals surface area (Å²) in [7, 11) is 0. The van der Waals surface area contributed by atoms with Crippen LogP contribution >= 0.6 is 0 Å². The highest BCUT2D eigenvalue weighted by Crippen LogP contribution is 2.40. The molecule has 0 aromatic rings. The predicted octanol–water partition coefficient (Wildman–Crippen LogP) is 1.69. The smallest absolute Gasteiger partial charge is 0.227 e. The second-order valence-electron chi connectivity index (χ2n) is 6.48. The van der Waals surface area contributed by atoms with E-state index in [9.17, 15) is 9.59 Å². The fraction of sp³-hybridized carbons (Fsp3) is 0.867. The van der Waals surface area contributed by atoms with Gasteiger partial charge in [-0.05, 0) is 38.5 Å². The Morgan fingerprint density at radius 3 is 2.79 bits per heavy atom. The first-order chi connectivity index (χ1) is 9.16. The lowest BCUT2D eigenvalue weighted by atomic mass is 9.84. The topological polar surface area (TPSA) is 49.4 Å². The van der Waals surface area contributed by atoms with Crippen molar-refractivity contribution < 1.29 is 9.59 Å². The Kier molecular flexibility index (Phi) is 3.50. The third kappa shape index (κ3) is 2.37. The lowest BCUT2D eigenvalue weighted by molar-refractivity contribution is -0.140. The third-order valence-corrected chi connectivity index (χ3v) is 5.21. The van der Waals surface area contributed by atoms with Gasteiger partial charge in [0.1, 0.15) is 0 Å². The minimum Gasteiger partial charge on any atom is -0.355 e. The molecule has 2 aliphatic heterocycles. The molecule has 2 amide bonds. The van der Waals surface area contributed by atoms with Gasteiger partial charge in [0.2, 0.25) is 11.8 Å². The van der Waals surface area contributed by atoms with Crippen LogP contribution in [0.5, 0.6) is 0 Å². The summed E-state index contributed by atoms with van der Waals surface area (Å²) in [5, 5.41) is 2.84. The number of piperidine rings is 1. The average Bonchev–Trinajstić information content (AvgIpc) is 2.74. The first-order valence-electron chi connectivity index (χ1n) is 7.75. The molecule has 3 rings (SSSR count). The average molecular weight is 264 g/mol. The summed E-state index contributed by atoms with van der Waals surface area (Å²) >= 11 is 0. The predicted molar refractivity (Wildman–Crippen MR) is 72.4 cm³/mol. The standard InChI is InChI=1S/C15H24N2O2/c1-10-8-11-4-2-3-5-13(11)17(10)15(19)12-6-7-14(18)16-9-12/h10-13H,2-9H2,1H3,(H,16,18). The number of rotatable bonds is 1. The molecular weight excluding hydrogens is 240 g/mol. The molecule has 2 heterocycles. The van der Waals surface area contributed by atoms with Gasteiger partial charge in [-0.25, -0.2) is 0 Å². The molecule has 4 nitrogen and oxygen atoms in total. The minimum absolute atomic E-state index is 0.0147. The molecule has 0 bridgehead atoms. The molecule has 4 heteroatoms. The Bertz CT molecular complexity index is 372. The van der Waals surface area contributed by atoms with E-state index in [1.807, 2.05) is 0 Å². The quantitative estimate of drug-likeness (QED) is 0.783. The van der Waals surface area contributed by atoms with E-state index in [1.165, 1.54) is 32.1 Å². The molecule has 3 fully saturated rings. The molecule has 1 saturated carbocycles. The molecule has 3 aliphatic rings. The molecular formula is C15H24N2O2. The SMILES string of the molecule is CC1CC2CCCCC2N1C(=O)C1CCC(=O)NC1. The van der Waals surface area contributed by atoms with Crippen molar-refractivity contribution in [1.29, 1.82) is 0 Å². The van der Waals surface area contributed by atoms with Gasteiger partial charge in [-0.1, -0.05) is 12.8 Å². The van der Waals surface area contributed by atoms with Gasteiger partial charge in [-0.2, -0.15) is 0 Å². The fourth-order valence-corrected chi connectivity index (χ4v) is 4.24. The van der Waals surface area contributed by atoms with E-state index in [4.69, 9.17) is 0 Å². The van der Waals surface area contributed by atoms with E-state index >= 15 is 0 Å². The lowest BCUT2D eigenvalue weighted by Gasteiger charge is -2.36. The van der Waals surface area contributed by atoms with Gasteiger partial charge < -0.3 is 10.2 Å². The highest BCUT2D eigenvalue weighted by atomic mass is 16.2.